The molecule has 9 nitrogen and oxygen atoms in total. The van der Waals surface area contributed by atoms with E-state index in [9.17, 15) is 9.59 Å². The maximum absolute atomic E-state index is 13.1. The Morgan fingerprint density at radius 1 is 0.944 bits per heavy atom. The first-order valence-electron chi connectivity index (χ1n) is 11.6. The summed E-state index contributed by atoms with van der Waals surface area (Å²) in [5.74, 6) is 0.800. The van der Waals surface area contributed by atoms with E-state index in [1.807, 2.05) is 37.8 Å². The number of thiazole rings is 2. The summed E-state index contributed by atoms with van der Waals surface area (Å²) in [6.45, 7) is 8.78. The normalized spacial score (nSPS) is 15.2. The van der Waals surface area contributed by atoms with Crippen molar-refractivity contribution in [3.63, 3.8) is 0 Å². The van der Waals surface area contributed by atoms with Gasteiger partial charge in [-0.2, -0.15) is 0 Å². The topological polar surface area (TPSA) is 102 Å². The highest BCUT2D eigenvalue weighted by Crippen LogP contribution is 2.30. The lowest BCUT2D eigenvalue weighted by Crippen LogP contribution is -2.50. The number of esters is 1. The summed E-state index contributed by atoms with van der Waals surface area (Å²) >= 11 is 2.86. The van der Waals surface area contributed by atoms with Crippen molar-refractivity contribution in [3.05, 3.63) is 57.9 Å². The van der Waals surface area contributed by atoms with Gasteiger partial charge in [0.1, 0.15) is 11.8 Å². The average Bonchev–Trinajstić information content (AvgIpc) is 3.65. The van der Waals surface area contributed by atoms with E-state index in [0.29, 0.717) is 65.6 Å². The highest BCUT2D eigenvalue weighted by atomic mass is 32.1. The first-order valence-corrected chi connectivity index (χ1v) is 13.3. The molecule has 0 aliphatic carbocycles. The standard InChI is InChI=1S/C25H26N4O5S2/c1-15(34-25(31)21-17(3)36-23(27-21)19-7-5-13-33-19)14-28-8-10-29(11-9-28)24(30)20-16(2)35-22(26-20)18-6-4-12-32-18/h4-7,12-13,15H,8-11,14H2,1-3H3/t15-/m0/s1. The van der Waals surface area contributed by atoms with Gasteiger partial charge in [-0.1, -0.05) is 0 Å². The van der Waals surface area contributed by atoms with Crippen molar-refractivity contribution in [1.82, 2.24) is 19.8 Å². The Morgan fingerprint density at radius 3 is 2.06 bits per heavy atom. The van der Waals surface area contributed by atoms with Gasteiger partial charge in [-0.25, -0.2) is 14.8 Å². The number of aryl methyl sites for hydroxylation is 2. The number of piperazine rings is 1. The van der Waals surface area contributed by atoms with Crippen LogP contribution < -0.4 is 0 Å². The zero-order chi connectivity index (χ0) is 25.2. The van der Waals surface area contributed by atoms with E-state index in [1.54, 1.807) is 24.7 Å². The van der Waals surface area contributed by atoms with Crippen LogP contribution in [0.15, 0.2) is 45.6 Å². The Labute approximate surface area is 216 Å². The first-order chi connectivity index (χ1) is 17.4. The Bertz CT molecular complexity index is 1330. The number of furan rings is 2. The van der Waals surface area contributed by atoms with Crippen molar-refractivity contribution in [3.8, 4) is 21.5 Å². The number of aromatic nitrogens is 2. The summed E-state index contributed by atoms with van der Waals surface area (Å²) in [6, 6.07) is 7.25. The summed E-state index contributed by atoms with van der Waals surface area (Å²) in [6.07, 6.45) is 2.86. The van der Waals surface area contributed by atoms with Crippen LogP contribution in [-0.4, -0.2) is 70.5 Å². The highest BCUT2D eigenvalue weighted by Gasteiger charge is 2.28. The molecule has 1 amide bonds. The van der Waals surface area contributed by atoms with Crippen LogP contribution in [0.25, 0.3) is 21.5 Å². The molecular weight excluding hydrogens is 500 g/mol. The molecule has 0 bridgehead atoms. The van der Waals surface area contributed by atoms with Crippen LogP contribution in [0.2, 0.25) is 0 Å². The number of carbonyl (C=O) groups is 2. The second-order valence-corrected chi connectivity index (χ2v) is 11.0. The molecule has 0 saturated carbocycles. The van der Waals surface area contributed by atoms with Crippen LogP contribution >= 0.6 is 22.7 Å². The molecule has 1 atom stereocenters. The number of nitrogens with zero attached hydrogens (tertiary/aromatic N) is 4. The SMILES string of the molecule is Cc1sc(-c2ccco2)nc1C(=O)O[C@@H](C)CN1CCN(C(=O)c2nc(-c3ccco3)sc2C)CC1. The fourth-order valence-corrected chi connectivity index (χ4v) is 5.86. The summed E-state index contributed by atoms with van der Waals surface area (Å²) in [5, 5.41) is 1.37. The van der Waals surface area contributed by atoms with Gasteiger partial charge in [-0.3, -0.25) is 9.69 Å². The highest BCUT2D eigenvalue weighted by molar-refractivity contribution is 7.15. The molecule has 1 fully saturated rings. The average molecular weight is 527 g/mol. The van der Waals surface area contributed by atoms with Gasteiger partial charge in [0.25, 0.3) is 5.91 Å². The van der Waals surface area contributed by atoms with Crippen molar-refractivity contribution in [2.45, 2.75) is 26.9 Å². The predicted molar refractivity (Wildman–Crippen MR) is 136 cm³/mol. The first kappa shape index (κ1) is 24.4. The largest absolute Gasteiger partial charge is 0.462 e. The van der Waals surface area contributed by atoms with E-state index >= 15 is 0 Å². The van der Waals surface area contributed by atoms with E-state index in [2.05, 4.69) is 14.9 Å². The van der Waals surface area contributed by atoms with Crippen molar-refractivity contribution in [1.29, 1.82) is 0 Å². The fraction of sp³-hybridized carbons (Fsp3) is 0.360. The molecule has 1 aliphatic rings. The molecule has 36 heavy (non-hydrogen) atoms. The van der Waals surface area contributed by atoms with Gasteiger partial charge in [0, 0.05) is 42.5 Å². The van der Waals surface area contributed by atoms with E-state index in [0.717, 1.165) is 9.75 Å². The van der Waals surface area contributed by atoms with Crippen molar-refractivity contribution < 1.29 is 23.2 Å². The van der Waals surface area contributed by atoms with Crippen LogP contribution in [0.4, 0.5) is 0 Å². The lowest BCUT2D eigenvalue weighted by atomic mass is 10.2. The number of hydrogen-bond acceptors (Lipinski definition) is 10. The van der Waals surface area contributed by atoms with Crippen LogP contribution in [0.5, 0.6) is 0 Å². The number of ether oxygens (including phenoxy) is 1. The molecule has 0 spiro atoms. The Balaban J connectivity index is 1.13. The lowest BCUT2D eigenvalue weighted by molar-refractivity contribution is 0.0191. The molecule has 4 aromatic rings. The number of hydrogen-bond donors (Lipinski definition) is 0. The molecule has 0 aromatic carbocycles. The third-order valence-corrected chi connectivity index (χ3v) is 7.91. The monoisotopic (exact) mass is 526 g/mol. The maximum Gasteiger partial charge on any atom is 0.358 e. The fourth-order valence-electron chi connectivity index (χ4n) is 4.11. The van der Waals surface area contributed by atoms with E-state index < -0.39 is 5.97 Å². The molecule has 0 radical (unpaired) electrons. The molecule has 0 N–H and O–H groups in total. The second-order valence-electron chi connectivity index (χ2n) is 8.61. The molecule has 0 unspecified atom stereocenters. The van der Waals surface area contributed by atoms with Gasteiger partial charge >= 0.3 is 5.97 Å². The van der Waals surface area contributed by atoms with Crippen LogP contribution in [0.1, 0.15) is 37.7 Å². The van der Waals surface area contributed by atoms with Crippen molar-refractivity contribution in [2.24, 2.45) is 0 Å². The molecule has 4 aromatic heterocycles. The van der Waals surface area contributed by atoms with Gasteiger partial charge < -0.3 is 18.5 Å². The summed E-state index contributed by atoms with van der Waals surface area (Å²) in [4.78, 5) is 40.5. The van der Waals surface area contributed by atoms with Crippen LogP contribution in [-0.2, 0) is 4.74 Å². The minimum Gasteiger partial charge on any atom is -0.462 e. The lowest BCUT2D eigenvalue weighted by Gasteiger charge is -2.35. The Kier molecular flexibility index (Phi) is 7.04. The molecular formula is C25H26N4O5S2. The van der Waals surface area contributed by atoms with Gasteiger partial charge in [0.2, 0.25) is 0 Å². The number of rotatable bonds is 7. The van der Waals surface area contributed by atoms with E-state index in [4.69, 9.17) is 13.6 Å². The zero-order valence-electron chi connectivity index (χ0n) is 20.2. The van der Waals surface area contributed by atoms with Crippen LogP contribution in [0, 0.1) is 13.8 Å². The van der Waals surface area contributed by atoms with Gasteiger partial charge in [-0.05, 0) is 45.0 Å². The Morgan fingerprint density at radius 2 is 1.50 bits per heavy atom. The molecule has 1 aliphatic heterocycles. The second kappa shape index (κ2) is 10.4. The molecule has 11 heteroatoms. The smallest absolute Gasteiger partial charge is 0.358 e. The predicted octanol–water partition coefficient (Wildman–Crippen LogP) is 4.74. The van der Waals surface area contributed by atoms with E-state index in [-0.39, 0.29) is 12.0 Å². The van der Waals surface area contributed by atoms with E-state index in [1.165, 1.54) is 22.7 Å². The minimum absolute atomic E-state index is 0.0629. The van der Waals surface area contributed by atoms with Crippen LogP contribution in [0.3, 0.4) is 0 Å². The molecule has 5 rings (SSSR count). The minimum atomic E-state index is -0.436. The summed E-state index contributed by atoms with van der Waals surface area (Å²) < 4.78 is 16.5. The molecule has 188 valence electrons. The Hall–Kier alpha value is -3.28. The van der Waals surface area contributed by atoms with Gasteiger partial charge in [0.15, 0.2) is 27.2 Å². The van der Waals surface area contributed by atoms with Crippen molar-refractivity contribution >= 4 is 34.6 Å². The number of carbonyl (C=O) groups excluding carboxylic acids is 2. The number of amides is 1. The molecule has 1 saturated heterocycles. The zero-order valence-corrected chi connectivity index (χ0v) is 21.9. The summed E-state index contributed by atoms with van der Waals surface area (Å²) in [7, 11) is 0. The van der Waals surface area contributed by atoms with Gasteiger partial charge in [0.05, 0.1) is 12.5 Å². The maximum atomic E-state index is 13.1. The summed E-state index contributed by atoms with van der Waals surface area (Å²) in [5.41, 5.74) is 0.802. The molecule has 5 heterocycles. The van der Waals surface area contributed by atoms with Crippen molar-refractivity contribution in [2.75, 3.05) is 32.7 Å². The third-order valence-electron chi connectivity index (χ3n) is 5.94. The third kappa shape index (κ3) is 5.13. The van der Waals surface area contributed by atoms with Gasteiger partial charge in [-0.15, -0.1) is 22.7 Å². The quantitative estimate of drug-likeness (QED) is 0.318.